The minimum absolute atomic E-state index is 0.407. The number of hydrogen-bond acceptors (Lipinski definition) is 4. The van der Waals surface area contributed by atoms with Crippen molar-refractivity contribution < 1.29 is 0 Å². The number of benzene rings is 1. The number of nitrogens with zero attached hydrogens (tertiary/aromatic N) is 3. The lowest BCUT2D eigenvalue weighted by molar-refractivity contribution is 0.728. The molecule has 120 valence electrons. The van der Waals surface area contributed by atoms with Crippen LogP contribution in [0, 0.1) is 0 Å². The molecule has 2 heterocycles. The van der Waals surface area contributed by atoms with Crippen molar-refractivity contribution in [2.45, 2.75) is 18.6 Å². The second-order valence-corrected chi connectivity index (χ2v) is 7.18. The lowest BCUT2D eigenvalue weighted by Gasteiger charge is -2.08. The first-order chi connectivity index (χ1) is 11.0. The Bertz CT molecular complexity index is 989. The minimum atomic E-state index is -0.456. The molecule has 6 nitrogen and oxygen atoms in total. The van der Waals surface area contributed by atoms with E-state index in [0.717, 1.165) is 20.9 Å². The van der Waals surface area contributed by atoms with Gasteiger partial charge in [0.15, 0.2) is 16.3 Å². The third kappa shape index (κ3) is 3.00. The largest absolute Gasteiger partial charge is 0.329 e. The number of rotatable bonds is 4. The van der Waals surface area contributed by atoms with Crippen molar-refractivity contribution in [1.82, 2.24) is 19.1 Å². The number of aryl methyl sites for hydroxylation is 1. The van der Waals surface area contributed by atoms with Gasteiger partial charge in [-0.15, -0.1) is 0 Å². The summed E-state index contributed by atoms with van der Waals surface area (Å²) >= 11 is 5.00. The standard InChI is InChI=1S/C15H15BrN4O2S/c1-3-23-15-17-12-11(13(21)18-14(22)19(12)2)20(15)8-9-5-4-6-10(16)7-9/h4-7H,3,8H2,1-2H3,(H,18,21,22). The van der Waals surface area contributed by atoms with Gasteiger partial charge in [0, 0.05) is 11.5 Å². The third-order valence-electron chi connectivity index (χ3n) is 3.48. The van der Waals surface area contributed by atoms with Crippen LogP contribution in [0.2, 0.25) is 0 Å². The van der Waals surface area contributed by atoms with E-state index < -0.39 is 11.2 Å². The van der Waals surface area contributed by atoms with Gasteiger partial charge in [-0.05, 0) is 23.4 Å². The molecule has 0 amide bonds. The Morgan fingerprint density at radius 3 is 2.83 bits per heavy atom. The van der Waals surface area contributed by atoms with E-state index in [-0.39, 0.29) is 0 Å². The highest BCUT2D eigenvalue weighted by Crippen LogP contribution is 2.23. The Labute approximate surface area is 144 Å². The van der Waals surface area contributed by atoms with Crippen molar-refractivity contribution in [3.63, 3.8) is 0 Å². The molecule has 0 aliphatic carbocycles. The summed E-state index contributed by atoms with van der Waals surface area (Å²) in [6.45, 7) is 2.54. The normalized spacial score (nSPS) is 11.3. The summed E-state index contributed by atoms with van der Waals surface area (Å²) in [5, 5.41) is 0.731. The summed E-state index contributed by atoms with van der Waals surface area (Å²) in [6, 6.07) is 7.90. The molecule has 8 heteroatoms. The fourth-order valence-electron chi connectivity index (χ4n) is 2.42. The second-order valence-electron chi connectivity index (χ2n) is 5.03. The molecule has 0 saturated carbocycles. The summed E-state index contributed by atoms with van der Waals surface area (Å²) in [6.07, 6.45) is 0. The number of imidazole rings is 1. The smallest absolute Gasteiger partial charge is 0.309 e. The number of halogens is 1. The maximum atomic E-state index is 12.3. The van der Waals surface area contributed by atoms with E-state index in [2.05, 4.69) is 25.9 Å². The zero-order valence-corrected chi connectivity index (χ0v) is 15.1. The van der Waals surface area contributed by atoms with Crippen molar-refractivity contribution in [3.05, 3.63) is 55.1 Å². The van der Waals surface area contributed by atoms with Crippen LogP contribution >= 0.6 is 27.7 Å². The van der Waals surface area contributed by atoms with Crippen LogP contribution in [-0.4, -0.2) is 24.9 Å². The molecular formula is C15H15BrN4O2S. The Balaban J connectivity index is 2.25. The molecule has 2 aromatic heterocycles. The topological polar surface area (TPSA) is 72.7 Å². The molecule has 0 radical (unpaired) electrons. The number of fused-ring (bicyclic) bond motifs is 1. The SMILES string of the molecule is CCSc1nc2c(c(=O)[nH]c(=O)n2C)n1Cc1cccc(Br)c1. The van der Waals surface area contributed by atoms with E-state index in [1.807, 2.05) is 35.8 Å². The average Bonchev–Trinajstić information content (AvgIpc) is 2.85. The number of H-pyrrole nitrogens is 1. The van der Waals surface area contributed by atoms with Gasteiger partial charge >= 0.3 is 5.69 Å². The molecule has 3 rings (SSSR count). The first kappa shape index (κ1) is 16.1. The molecule has 0 atom stereocenters. The average molecular weight is 395 g/mol. The Hall–Kier alpha value is -1.80. The lowest BCUT2D eigenvalue weighted by atomic mass is 10.2. The van der Waals surface area contributed by atoms with Crippen LogP contribution < -0.4 is 11.2 Å². The van der Waals surface area contributed by atoms with E-state index >= 15 is 0 Å². The number of aromatic amines is 1. The van der Waals surface area contributed by atoms with E-state index in [0.29, 0.717) is 17.7 Å². The van der Waals surface area contributed by atoms with Crippen LogP contribution in [0.1, 0.15) is 12.5 Å². The molecule has 0 aliphatic rings. The molecule has 23 heavy (non-hydrogen) atoms. The predicted octanol–water partition coefficient (Wildman–Crippen LogP) is 2.35. The molecular weight excluding hydrogens is 380 g/mol. The van der Waals surface area contributed by atoms with E-state index in [4.69, 9.17) is 0 Å². The molecule has 0 bridgehead atoms. The summed E-state index contributed by atoms with van der Waals surface area (Å²) in [5.74, 6) is 0.827. The first-order valence-corrected chi connectivity index (χ1v) is 8.86. The minimum Gasteiger partial charge on any atom is -0.309 e. The quantitative estimate of drug-likeness (QED) is 0.689. The van der Waals surface area contributed by atoms with Crippen LogP contribution in [0.5, 0.6) is 0 Å². The van der Waals surface area contributed by atoms with Crippen molar-refractivity contribution >= 4 is 38.9 Å². The van der Waals surface area contributed by atoms with Gasteiger partial charge in [0.2, 0.25) is 0 Å². The van der Waals surface area contributed by atoms with Crippen LogP contribution in [0.3, 0.4) is 0 Å². The molecule has 0 saturated heterocycles. The molecule has 0 aliphatic heterocycles. The van der Waals surface area contributed by atoms with Gasteiger partial charge in [0.1, 0.15) is 0 Å². The molecule has 0 fully saturated rings. The zero-order valence-electron chi connectivity index (χ0n) is 12.7. The molecule has 0 unspecified atom stereocenters. The van der Waals surface area contributed by atoms with Gasteiger partial charge in [0.25, 0.3) is 5.56 Å². The van der Waals surface area contributed by atoms with Gasteiger partial charge in [0.05, 0.1) is 6.54 Å². The van der Waals surface area contributed by atoms with Gasteiger partial charge in [-0.25, -0.2) is 9.78 Å². The number of thioether (sulfide) groups is 1. The van der Waals surface area contributed by atoms with Crippen LogP contribution in [-0.2, 0) is 13.6 Å². The van der Waals surface area contributed by atoms with Crippen LogP contribution in [0.25, 0.3) is 11.2 Å². The van der Waals surface area contributed by atoms with Crippen LogP contribution in [0.4, 0.5) is 0 Å². The zero-order chi connectivity index (χ0) is 16.6. The monoisotopic (exact) mass is 394 g/mol. The predicted molar refractivity (Wildman–Crippen MR) is 95.2 cm³/mol. The lowest BCUT2D eigenvalue weighted by Crippen LogP contribution is -2.29. The summed E-state index contributed by atoms with van der Waals surface area (Å²) in [5.41, 5.74) is 1.01. The van der Waals surface area contributed by atoms with Gasteiger partial charge in [-0.3, -0.25) is 14.3 Å². The van der Waals surface area contributed by atoms with Crippen molar-refractivity contribution in [2.75, 3.05) is 5.75 Å². The number of nitrogens with one attached hydrogen (secondary N) is 1. The maximum Gasteiger partial charge on any atom is 0.329 e. The van der Waals surface area contributed by atoms with Crippen molar-refractivity contribution in [1.29, 1.82) is 0 Å². The number of hydrogen-bond donors (Lipinski definition) is 1. The maximum absolute atomic E-state index is 12.3. The fraction of sp³-hybridized carbons (Fsp3) is 0.267. The van der Waals surface area contributed by atoms with Crippen molar-refractivity contribution in [2.24, 2.45) is 7.05 Å². The third-order valence-corrected chi connectivity index (χ3v) is 4.83. The van der Waals surface area contributed by atoms with Gasteiger partial charge in [-0.2, -0.15) is 0 Å². The first-order valence-electron chi connectivity index (χ1n) is 7.08. The Morgan fingerprint density at radius 2 is 2.13 bits per heavy atom. The highest BCUT2D eigenvalue weighted by Gasteiger charge is 2.17. The van der Waals surface area contributed by atoms with Crippen molar-refractivity contribution in [3.8, 4) is 0 Å². The van der Waals surface area contributed by atoms with Gasteiger partial charge < -0.3 is 4.57 Å². The molecule has 0 spiro atoms. The molecule has 3 aromatic rings. The van der Waals surface area contributed by atoms with Gasteiger partial charge in [-0.1, -0.05) is 46.7 Å². The second kappa shape index (κ2) is 6.37. The highest BCUT2D eigenvalue weighted by molar-refractivity contribution is 9.10. The molecule has 1 aromatic carbocycles. The van der Waals surface area contributed by atoms with E-state index in [9.17, 15) is 9.59 Å². The Kier molecular flexibility index (Phi) is 4.45. The Morgan fingerprint density at radius 1 is 1.35 bits per heavy atom. The van der Waals surface area contributed by atoms with E-state index in [1.54, 1.807) is 18.8 Å². The van der Waals surface area contributed by atoms with Crippen LogP contribution in [0.15, 0.2) is 43.5 Å². The molecule has 1 N–H and O–H groups in total. The number of aromatic nitrogens is 4. The summed E-state index contributed by atoms with van der Waals surface area (Å²) in [4.78, 5) is 30.9. The summed E-state index contributed by atoms with van der Waals surface area (Å²) < 4.78 is 4.21. The fourth-order valence-corrected chi connectivity index (χ4v) is 3.59. The summed E-state index contributed by atoms with van der Waals surface area (Å²) in [7, 11) is 1.61. The van der Waals surface area contributed by atoms with E-state index in [1.165, 1.54) is 4.57 Å². The highest BCUT2D eigenvalue weighted by atomic mass is 79.9.